The minimum absolute atomic E-state index is 1.46. The van der Waals surface area contributed by atoms with Crippen LogP contribution in [0, 0.1) is 6.92 Å². The quantitative estimate of drug-likeness (QED) is 0.661. The van der Waals surface area contributed by atoms with Gasteiger partial charge < -0.3 is 0 Å². The molecule has 0 amide bonds. The topological polar surface area (TPSA) is 0 Å². The summed E-state index contributed by atoms with van der Waals surface area (Å²) in [5.74, 6) is -18.7. The number of hydrogen-bond donors (Lipinski definition) is 0. The van der Waals surface area contributed by atoms with Gasteiger partial charge in [-0.1, -0.05) is 6.92 Å². The van der Waals surface area contributed by atoms with E-state index in [0.717, 1.165) is 0 Å². The SMILES string of the molecule is [CH2]C[C@H](F)C(F)(F)C(F)(F)C(F)(F)C(F)F. The van der Waals surface area contributed by atoms with Crippen LogP contribution in [0.25, 0.3) is 0 Å². The van der Waals surface area contributed by atoms with Crippen molar-refractivity contribution in [2.45, 2.75) is 36.8 Å². The minimum atomic E-state index is -6.49. The van der Waals surface area contributed by atoms with E-state index in [1.165, 1.54) is 0 Å². The maximum atomic E-state index is 12.5. The van der Waals surface area contributed by atoms with E-state index in [1.54, 1.807) is 0 Å². The van der Waals surface area contributed by atoms with E-state index in [2.05, 4.69) is 6.92 Å². The average Bonchev–Trinajstić information content (AvgIpc) is 2.15. The zero-order valence-electron chi connectivity index (χ0n) is 7.47. The van der Waals surface area contributed by atoms with E-state index in [1.807, 2.05) is 0 Å². The Labute approximate surface area is 84.4 Å². The van der Waals surface area contributed by atoms with Crippen LogP contribution in [0.15, 0.2) is 0 Å². The zero-order chi connectivity index (χ0) is 13.4. The Kier molecular flexibility index (Phi) is 4.15. The Morgan fingerprint density at radius 3 is 1.44 bits per heavy atom. The lowest BCUT2D eigenvalue weighted by molar-refractivity contribution is -0.350. The highest BCUT2D eigenvalue weighted by Gasteiger charge is 2.77. The number of rotatable bonds is 5. The number of alkyl halides is 9. The fourth-order valence-electron chi connectivity index (χ4n) is 0.737. The van der Waals surface area contributed by atoms with Crippen molar-refractivity contribution < 1.29 is 39.5 Å². The van der Waals surface area contributed by atoms with Crippen molar-refractivity contribution in [2.24, 2.45) is 0 Å². The molecule has 0 aromatic rings. The third-order valence-electron chi connectivity index (χ3n) is 1.76. The van der Waals surface area contributed by atoms with Crippen molar-refractivity contribution in [3.63, 3.8) is 0 Å². The summed E-state index contributed by atoms with van der Waals surface area (Å²) in [5.41, 5.74) is 0. The molecule has 1 radical (unpaired) electrons. The molecule has 0 unspecified atom stereocenters. The first-order valence-corrected chi connectivity index (χ1v) is 3.77. The average molecular weight is 261 g/mol. The Morgan fingerprint density at radius 1 is 0.812 bits per heavy atom. The van der Waals surface area contributed by atoms with Crippen LogP contribution in [-0.2, 0) is 0 Å². The Balaban J connectivity index is 5.34. The third kappa shape index (κ3) is 2.08. The second kappa shape index (κ2) is 4.33. The molecule has 0 bridgehead atoms. The van der Waals surface area contributed by atoms with Crippen LogP contribution in [0.4, 0.5) is 39.5 Å². The fraction of sp³-hybridized carbons (Fsp3) is 0.857. The van der Waals surface area contributed by atoms with Crippen LogP contribution in [0.1, 0.15) is 6.42 Å². The lowest BCUT2D eigenvalue weighted by Crippen LogP contribution is -2.60. The van der Waals surface area contributed by atoms with Crippen LogP contribution in [0.2, 0.25) is 0 Å². The molecule has 0 heterocycles. The summed E-state index contributed by atoms with van der Waals surface area (Å²) in [6.07, 6.45) is -10.2. The van der Waals surface area contributed by atoms with Crippen molar-refractivity contribution in [3.05, 3.63) is 6.92 Å². The van der Waals surface area contributed by atoms with Crippen LogP contribution in [-0.4, -0.2) is 30.4 Å². The lowest BCUT2D eigenvalue weighted by atomic mass is 9.99. The molecule has 16 heavy (non-hydrogen) atoms. The van der Waals surface area contributed by atoms with Crippen molar-refractivity contribution in [3.8, 4) is 0 Å². The van der Waals surface area contributed by atoms with Crippen molar-refractivity contribution in [1.82, 2.24) is 0 Å². The molecule has 97 valence electrons. The van der Waals surface area contributed by atoms with Gasteiger partial charge in [-0.3, -0.25) is 0 Å². The van der Waals surface area contributed by atoms with Gasteiger partial charge in [0.2, 0.25) is 0 Å². The standard InChI is InChI=1S/C7H6F9/c1-2-3(8)5(11,12)7(15,16)6(13,14)4(9)10/h3-4H,1-2H2/t3-/m0/s1. The molecule has 1 atom stereocenters. The third-order valence-corrected chi connectivity index (χ3v) is 1.76. The molecule has 0 aliphatic carbocycles. The molecule has 0 fully saturated rings. The van der Waals surface area contributed by atoms with Crippen LogP contribution < -0.4 is 0 Å². The zero-order valence-corrected chi connectivity index (χ0v) is 7.47. The summed E-state index contributed by atoms with van der Waals surface area (Å²) in [4.78, 5) is 0. The molecule has 0 N–H and O–H groups in total. The van der Waals surface area contributed by atoms with E-state index in [0.29, 0.717) is 0 Å². The molecule has 0 saturated heterocycles. The van der Waals surface area contributed by atoms with Gasteiger partial charge in [0.05, 0.1) is 0 Å². The van der Waals surface area contributed by atoms with Gasteiger partial charge in [-0.2, -0.15) is 26.3 Å². The first-order chi connectivity index (χ1) is 6.92. The fourth-order valence-corrected chi connectivity index (χ4v) is 0.737. The van der Waals surface area contributed by atoms with E-state index in [-0.39, 0.29) is 0 Å². The summed E-state index contributed by atoms with van der Waals surface area (Å²) in [5, 5.41) is 0. The summed E-state index contributed by atoms with van der Waals surface area (Å²) in [6.45, 7) is 2.47. The molecule has 0 aromatic heterocycles. The van der Waals surface area contributed by atoms with E-state index < -0.39 is 36.8 Å². The Bertz CT molecular complexity index is 234. The van der Waals surface area contributed by atoms with E-state index >= 15 is 0 Å². The number of halogens is 9. The minimum Gasteiger partial charge on any atom is -0.241 e. The van der Waals surface area contributed by atoms with Crippen LogP contribution >= 0.6 is 0 Å². The van der Waals surface area contributed by atoms with Gasteiger partial charge in [-0.05, 0) is 6.42 Å². The van der Waals surface area contributed by atoms with Gasteiger partial charge in [-0.15, -0.1) is 0 Å². The summed E-state index contributed by atoms with van der Waals surface area (Å²) < 4.78 is 109. The van der Waals surface area contributed by atoms with Crippen molar-refractivity contribution in [1.29, 1.82) is 0 Å². The second-order valence-corrected chi connectivity index (χ2v) is 2.88. The summed E-state index contributed by atoms with van der Waals surface area (Å²) >= 11 is 0. The van der Waals surface area contributed by atoms with Gasteiger partial charge in [0.1, 0.15) is 0 Å². The van der Waals surface area contributed by atoms with Crippen LogP contribution in [0.3, 0.4) is 0 Å². The van der Waals surface area contributed by atoms with Gasteiger partial charge >= 0.3 is 24.2 Å². The largest absolute Gasteiger partial charge is 0.380 e. The molecule has 9 heteroatoms. The molecular weight excluding hydrogens is 255 g/mol. The molecule has 0 nitrogen and oxygen atoms in total. The first-order valence-electron chi connectivity index (χ1n) is 3.77. The monoisotopic (exact) mass is 261 g/mol. The molecular formula is C7H6F9. The normalized spacial score (nSPS) is 16.7. The molecule has 0 spiro atoms. The van der Waals surface area contributed by atoms with Gasteiger partial charge in [0, 0.05) is 0 Å². The molecule has 0 aliphatic rings. The molecule has 0 rings (SSSR count). The smallest absolute Gasteiger partial charge is 0.241 e. The predicted octanol–water partition coefficient (Wildman–Crippen LogP) is 3.72. The maximum absolute atomic E-state index is 12.5. The maximum Gasteiger partial charge on any atom is 0.380 e. The van der Waals surface area contributed by atoms with E-state index in [4.69, 9.17) is 0 Å². The predicted molar refractivity (Wildman–Crippen MR) is 35.7 cm³/mol. The van der Waals surface area contributed by atoms with Crippen LogP contribution in [0.5, 0.6) is 0 Å². The lowest BCUT2D eigenvalue weighted by Gasteiger charge is -2.33. The first kappa shape index (κ1) is 15.4. The number of hydrogen-bond acceptors (Lipinski definition) is 0. The molecule has 0 aliphatic heterocycles. The van der Waals surface area contributed by atoms with Gasteiger partial charge in [0.25, 0.3) is 0 Å². The highest BCUT2D eigenvalue weighted by Crippen LogP contribution is 2.50. The summed E-state index contributed by atoms with van der Waals surface area (Å²) in [7, 11) is 0. The second-order valence-electron chi connectivity index (χ2n) is 2.88. The Hall–Kier alpha value is -0.630. The highest BCUT2D eigenvalue weighted by atomic mass is 19.4. The van der Waals surface area contributed by atoms with Gasteiger partial charge in [0.15, 0.2) is 6.17 Å². The van der Waals surface area contributed by atoms with Crippen molar-refractivity contribution in [2.75, 3.05) is 0 Å². The van der Waals surface area contributed by atoms with E-state index in [9.17, 15) is 39.5 Å². The summed E-state index contributed by atoms with van der Waals surface area (Å²) in [6, 6.07) is 0. The Morgan fingerprint density at radius 2 is 1.19 bits per heavy atom. The van der Waals surface area contributed by atoms with Crippen molar-refractivity contribution >= 4 is 0 Å². The van der Waals surface area contributed by atoms with Gasteiger partial charge in [-0.25, -0.2) is 13.2 Å². The molecule has 0 aromatic carbocycles. The molecule has 0 saturated carbocycles. The highest BCUT2D eigenvalue weighted by molar-refractivity contribution is 5.01.